The summed E-state index contributed by atoms with van der Waals surface area (Å²) in [7, 11) is -2.46. The summed E-state index contributed by atoms with van der Waals surface area (Å²) in [6.07, 6.45) is 1.10. The quantitative estimate of drug-likeness (QED) is 0.863. The Kier molecular flexibility index (Phi) is 4.94. The van der Waals surface area contributed by atoms with E-state index in [2.05, 4.69) is 4.98 Å². The normalized spacial score (nSPS) is 12.8. The second kappa shape index (κ2) is 6.71. The molecule has 1 aromatic heterocycles. The maximum atomic E-state index is 12.2. The third-order valence-electron chi connectivity index (χ3n) is 2.98. The van der Waals surface area contributed by atoms with Gasteiger partial charge in [-0.15, -0.1) is 0 Å². The minimum atomic E-state index is -3.85. The number of carbonyl (C=O) groups is 1. The van der Waals surface area contributed by atoms with E-state index in [1.807, 2.05) is 10.8 Å². The minimum absolute atomic E-state index is 0.0209. The standard InChI is InChI=1S/C14H16N2O5S/c1-10(8-20-2)22(18,19)16-14(17)12-13(21-9-15-12)11-6-4-3-5-7-11/h3-7,9-10H,8H2,1-2H3,(H,16,17)/t10-/m0/s1. The number of aromatic nitrogens is 1. The van der Waals surface area contributed by atoms with Crippen molar-refractivity contribution in [2.75, 3.05) is 13.7 Å². The number of rotatable bonds is 6. The molecule has 2 aromatic rings. The van der Waals surface area contributed by atoms with E-state index in [1.165, 1.54) is 14.0 Å². The van der Waals surface area contributed by atoms with Gasteiger partial charge in [0.05, 0.1) is 6.61 Å². The molecule has 1 aromatic carbocycles. The fourth-order valence-corrected chi connectivity index (χ4v) is 2.68. The van der Waals surface area contributed by atoms with Crippen molar-refractivity contribution >= 4 is 15.9 Å². The van der Waals surface area contributed by atoms with Crippen LogP contribution >= 0.6 is 0 Å². The van der Waals surface area contributed by atoms with E-state index in [-0.39, 0.29) is 18.1 Å². The highest BCUT2D eigenvalue weighted by Gasteiger charge is 2.27. The van der Waals surface area contributed by atoms with Crippen LogP contribution in [0.1, 0.15) is 17.4 Å². The average molecular weight is 324 g/mol. The fraction of sp³-hybridized carbons (Fsp3) is 0.286. The number of nitrogens with one attached hydrogen (secondary N) is 1. The molecule has 8 heteroatoms. The van der Waals surface area contributed by atoms with Gasteiger partial charge in [-0.25, -0.2) is 18.1 Å². The summed E-state index contributed by atoms with van der Waals surface area (Å²) in [4.78, 5) is 16.0. The smallest absolute Gasteiger partial charge is 0.287 e. The Bertz CT molecular complexity index is 740. The van der Waals surface area contributed by atoms with E-state index in [0.29, 0.717) is 5.56 Å². The van der Waals surface area contributed by atoms with Gasteiger partial charge in [0.1, 0.15) is 5.25 Å². The lowest BCUT2D eigenvalue weighted by atomic mass is 10.1. The van der Waals surface area contributed by atoms with Crippen LogP contribution in [0.4, 0.5) is 0 Å². The first-order valence-corrected chi connectivity index (χ1v) is 8.04. The van der Waals surface area contributed by atoms with E-state index in [1.54, 1.807) is 24.3 Å². The lowest BCUT2D eigenvalue weighted by Gasteiger charge is -2.12. The molecule has 0 aliphatic heterocycles. The van der Waals surface area contributed by atoms with Crippen LogP contribution in [0.15, 0.2) is 41.1 Å². The van der Waals surface area contributed by atoms with Crippen molar-refractivity contribution in [3.63, 3.8) is 0 Å². The second-order valence-electron chi connectivity index (χ2n) is 4.64. The van der Waals surface area contributed by atoms with Crippen LogP contribution in [0, 0.1) is 0 Å². The van der Waals surface area contributed by atoms with E-state index < -0.39 is 21.2 Å². The van der Waals surface area contributed by atoms with E-state index in [4.69, 9.17) is 9.15 Å². The first kappa shape index (κ1) is 16.2. The molecule has 2 rings (SSSR count). The van der Waals surface area contributed by atoms with Crippen LogP contribution in [0.2, 0.25) is 0 Å². The molecular formula is C14H16N2O5S. The van der Waals surface area contributed by atoms with Gasteiger partial charge in [0.2, 0.25) is 10.0 Å². The SMILES string of the molecule is COC[C@H](C)S(=O)(=O)NC(=O)c1ncoc1-c1ccccc1. The van der Waals surface area contributed by atoms with Gasteiger partial charge in [-0.3, -0.25) is 4.79 Å². The largest absolute Gasteiger partial charge is 0.443 e. The highest BCUT2D eigenvalue weighted by molar-refractivity contribution is 7.90. The summed E-state index contributed by atoms with van der Waals surface area (Å²) in [6.45, 7) is 1.42. The van der Waals surface area contributed by atoms with Crippen LogP contribution < -0.4 is 4.72 Å². The maximum Gasteiger partial charge on any atom is 0.287 e. The topological polar surface area (TPSA) is 98.5 Å². The molecular weight excluding hydrogens is 308 g/mol. The summed E-state index contributed by atoms with van der Waals surface area (Å²) >= 11 is 0. The van der Waals surface area contributed by atoms with Gasteiger partial charge in [-0.2, -0.15) is 0 Å². The third kappa shape index (κ3) is 3.52. The van der Waals surface area contributed by atoms with Crippen molar-refractivity contribution in [1.82, 2.24) is 9.71 Å². The van der Waals surface area contributed by atoms with E-state index in [9.17, 15) is 13.2 Å². The average Bonchev–Trinajstić information content (AvgIpc) is 2.97. The molecule has 0 fully saturated rings. The number of hydrogen-bond acceptors (Lipinski definition) is 6. The van der Waals surface area contributed by atoms with Crippen molar-refractivity contribution in [2.45, 2.75) is 12.2 Å². The van der Waals surface area contributed by atoms with Gasteiger partial charge >= 0.3 is 0 Å². The molecule has 1 atom stereocenters. The minimum Gasteiger partial charge on any atom is -0.443 e. The molecule has 0 aliphatic rings. The predicted octanol–water partition coefficient (Wildman–Crippen LogP) is 1.44. The first-order valence-electron chi connectivity index (χ1n) is 6.49. The van der Waals surface area contributed by atoms with Gasteiger partial charge in [-0.1, -0.05) is 30.3 Å². The Hall–Kier alpha value is -2.19. The summed E-state index contributed by atoms with van der Waals surface area (Å²) in [6, 6.07) is 8.84. The molecule has 118 valence electrons. The molecule has 1 amide bonds. The van der Waals surface area contributed by atoms with Crippen LogP contribution in [-0.4, -0.2) is 38.3 Å². The number of oxazole rings is 1. The van der Waals surface area contributed by atoms with Gasteiger partial charge in [0.25, 0.3) is 5.91 Å². The van der Waals surface area contributed by atoms with Crippen molar-refractivity contribution in [3.05, 3.63) is 42.4 Å². The summed E-state index contributed by atoms with van der Waals surface area (Å²) in [5, 5.41) is -0.867. The van der Waals surface area contributed by atoms with Gasteiger partial charge in [0, 0.05) is 12.7 Å². The highest BCUT2D eigenvalue weighted by Crippen LogP contribution is 2.22. The molecule has 1 heterocycles. The number of amides is 1. The van der Waals surface area contributed by atoms with Crippen molar-refractivity contribution in [2.24, 2.45) is 0 Å². The highest BCUT2D eigenvalue weighted by atomic mass is 32.2. The monoisotopic (exact) mass is 324 g/mol. The second-order valence-corrected chi connectivity index (χ2v) is 6.74. The van der Waals surface area contributed by atoms with Crippen LogP contribution in [0.5, 0.6) is 0 Å². The van der Waals surface area contributed by atoms with Crippen LogP contribution in [0.3, 0.4) is 0 Å². The molecule has 0 radical (unpaired) electrons. The maximum absolute atomic E-state index is 12.2. The van der Waals surface area contributed by atoms with Crippen molar-refractivity contribution in [3.8, 4) is 11.3 Å². The zero-order valence-corrected chi connectivity index (χ0v) is 13.0. The lowest BCUT2D eigenvalue weighted by Crippen LogP contribution is -2.39. The summed E-state index contributed by atoms with van der Waals surface area (Å²) < 4.78 is 36.0. The number of benzene rings is 1. The van der Waals surface area contributed by atoms with Gasteiger partial charge in [-0.05, 0) is 6.92 Å². The molecule has 0 aliphatic carbocycles. The molecule has 22 heavy (non-hydrogen) atoms. The molecule has 7 nitrogen and oxygen atoms in total. The van der Waals surface area contributed by atoms with Gasteiger partial charge < -0.3 is 9.15 Å². The number of hydrogen-bond donors (Lipinski definition) is 1. The summed E-state index contributed by atoms with van der Waals surface area (Å²) in [5.41, 5.74) is 0.548. The Balaban J connectivity index is 2.24. The summed E-state index contributed by atoms with van der Waals surface area (Å²) in [5.74, 6) is -0.622. The Morgan fingerprint density at radius 1 is 1.36 bits per heavy atom. The Labute approximate surface area is 128 Å². The van der Waals surface area contributed by atoms with Crippen molar-refractivity contribution in [1.29, 1.82) is 0 Å². The third-order valence-corrected chi connectivity index (χ3v) is 4.65. The molecule has 0 saturated carbocycles. The number of carbonyl (C=O) groups excluding carboxylic acids is 1. The molecule has 1 N–H and O–H groups in total. The first-order chi connectivity index (χ1) is 10.5. The fourth-order valence-electron chi connectivity index (χ4n) is 1.80. The molecule has 0 saturated heterocycles. The zero-order valence-electron chi connectivity index (χ0n) is 12.1. The predicted molar refractivity (Wildman–Crippen MR) is 79.7 cm³/mol. The Morgan fingerprint density at radius 2 is 2.05 bits per heavy atom. The molecule has 0 spiro atoms. The zero-order chi connectivity index (χ0) is 16.2. The molecule has 0 unspecified atom stereocenters. The number of ether oxygens (including phenoxy) is 1. The number of nitrogens with zero attached hydrogens (tertiary/aromatic N) is 1. The van der Waals surface area contributed by atoms with E-state index >= 15 is 0 Å². The number of sulfonamides is 1. The van der Waals surface area contributed by atoms with Crippen molar-refractivity contribution < 1.29 is 22.4 Å². The van der Waals surface area contributed by atoms with E-state index in [0.717, 1.165) is 6.39 Å². The van der Waals surface area contributed by atoms with Crippen LogP contribution in [-0.2, 0) is 14.8 Å². The molecule has 0 bridgehead atoms. The van der Waals surface area contributed by atoms with Gasteiger partial charge in [0.15, 0.2) is 17.8 Å². The number of methoxy groups -OCH3 is 1. The van der Waals surface area contributed by atoms with Crippen LogP contribution in [0.25, 0.3) is 11.3 Å². The lowest BCUT2D eigenvalue weighted by molar-refractivity contribution is 0.0976. The Morgan fingerprint density at radius 3 is 2.68 bits per heavy atom.